The summed E-state index contributed by atoms with van der Waals surface area (Å²) >= 11 is 0. The van der Waals surface area contributed by atoms with Gasteiger partial charge in [-0.15, -0.1) is 0 Å². The molecule has 0 radical (unpaired) electrons. The summed E-state index contributed by atoms with van der Waals surface area (Å²) in [5, 5.41) is 4.49. The lowest BCUT2D eigenvalue weighted by atomic mass is 10.0. The van der Waals surface area contributed by atoms with Gasteiger partial charge in [-0.2, -0.15) is 5.10 Å². The van der Waals surface area contributed by atoms with E-state index in [-0.39, 0.29) is 5.56 Å². The first-order valence-corrected chi connectivity index (χ1v) is 9.65. The smallest absolute Gasteiger partial charge is 0.275 e. The monoisotopic (exact) mass is 396 g/mol. The quantitative estimate of drug-likeness (QED) is 0.468. The van der Waals surface area contributed by atoms with Gasteiger partial charge in [0.15, 0.2) is 0 Å². The molecule has 0 fully saturated rings. The van der Waals surface area contributed by atoms with E-state index in [1.54, 1.807) is 30.3 Å². The Morgan fingerprint density at radius 1 is 0.867 bits per heavy atom. The number of benzene rings is 2. The summed E-state index contributed by atoms with van der Waals surface area (Å²) in [4.78, 5) is 21.8. The topological polar surface area (TPSA) is 70.5 Å². The van der Waals surface area contributed by atoms with Crippen LogP contribution < -0.4 is 5.56 Å². The Labute approximate surface area is 172 Å². The van der Waals surface area contributed by atoms with Crippen LogP contribution in [0, 0.1) is 0 Å². The third-order valence-electron chi connectivity index (χ3n) is 5.37. The maximum atomic E-state index is 13.1. The van der Waals surface area contributed by atoms with E-state index in [0.717, 1.165) is 33.4 Å². The summed E-state index contributed by atoms with van der Waals surface area (Å²) in [5.74, 6) is 0. The largest absolute Gasteiger partial charge is 0.285 e. The lowest BCUT2D eigenvalue weighted by molar-refractivity contribution is 0.584. The van der Waals surface area contributed by atoms with E-state index < -0.39 is 0 Å². The first kappa shape index (κ1) is 18.1. The van der Waals surface area contributed by atoms with Crippen molar-refractivity contribution < 1.29 is 0 Å². The minimum absolute atomic E-state index is 0.0639. The van der Waals surface area contributed by atoms with Crippen molar-refractivity contribution in [3.8, 4) is 22.4 Å². The first-order valence-electron chi connectivity index (χ1n) is 9.65. The molecule has 0 saturated heterocycles. The molecule has 148 valence electrons. The van der Waals surface area contributed by atoms with Gasteiger partial charge in [-0.25, -0.2) is 0 Å². The number of hydrogen-bond donors (Lipinski definition) is 0. The molecule has 2 aromatic carbocycles. The van der Waals surface area contributed by atoms with Crippen LogP contribution in [0.15, 0.2) is 78.1 Å². The molecule has 0 aliphatic carbocycles. The van der Waals surface area contributed by atoms with Crippen molar-refractivity contribution in [1.82, 2.24) is 29.1 Å². The van der Waals surface area contributed by atoms with Gasteiger partial charge in [0.1, 0.15) is 0 Å². The molecule has 0 atom stereocenters. The highest BCUT2D eigenvalue weighted by atomic mass is 16.1. The molecule has 7 nitrogen and oxygen atoms in total. The average Bonchev–Trinajstić information content (AvgIpc) is 3.32. The Kier molecular flexibility index (Phi) is 4.28. The normalized spacial score (nSPS) is 11.3. The van der Waals surface area contributed by atoms with Crippen molar-refractivity contribution in [2.75, 3.05) is 0 Å². The van der Waals surface area contributed by atoms with Gasteiger partial charge in [0.05, 0.1) is 35.0 Å². The zero-order valence-corrected chi connectivity index (χ0v) is 16.7. The van der Waals surface area contributed by atoms with Crippen molar-refractivity contribution in [2.24, 2.45) is 14.1 Å². The predicted octanol–water partition coefficient (Wildman–Crippen LogP) is 3.25. The van der Waals surface area contributed by atoms with Crippen molar-refractivity contribution in [3.05, 3.63) is 89.2 Å². The minimum atomic E-state index is -0.0639. The van der Waals surface area contributed by atoms with E-state index in [4.69, 9.17) is 0 Å². The molecule has 0 aliphatic rings. The van der Waals surface area contributed by atoms with Crippen LogP contribution >= 0.6 is 0 Å². The molecule has 3 aromatic heterocycles. The maximum Gasteiger partial charge on any atom is 0.275 e. The Bertz CT molecular complexity index is 1410. The van der Waals surface area contributed by atoms with Gasteiger partial charge >= 0.3 is 0 Å². The van der Waals surface area contributed by atoms with E-state index >= 15 is 0 Å². The van der Waals surface area contributed by atoms with Gasteiger partial charge in [-0.05, 0) is 17.7 Å². The van der Waals surface area contributed by atoms with Gasteiger partial charge in [0.25, 0.3) is 5.56 Å². The van der Waals surface area contributed by atoms with Crippen LogP contribution in [0.1, 0.15) is 5.56 Å². The molecule has 0 aliphatic heterocycles. The highest BCUT2D eigenvalue weighted by Crippen LogP contribution is 2.31. The van der Waals surface area contributed by atoms with Crippen LogP contribution in [0.3, 0.4) is 0 Å². The minimum Gasteiger partial charge on any atom is -0.285 e. The van der Waals surface area contributed by atoms with Crippen molar-refractivity contribution in [2.45, 2.75) is 6.54 Å². The zero-order valence-electron chi connectivity index (χ0n) is 16.7. The van der Waals surface area contributed by atoms with Gasteiger partial charge in [0, 0.05) is 43.8 Å². The van der Waals surface area contributed by atoms with Crippen LogP contribution in [-0.2, 0) is 20.6 Å². The molecule has 30 heavy (non-hydrogen) atoms. The van der Waals surface area contributed by atoms with Gasteiger partial charge in [-0.3, -0.25) is 28.8 Å². The number of rotatable bonds is 4. The maximum absolute atomic E-state index is 13.1. The third kappa shape index (κ3) is 3.00. The summed E-state index contributed by atoms with van der Waals surface area (Å²) in [7, 11) is 3.65. The number of hydrogen-bond acceptors (Lipinski definition) is 4. The fourth-order valence-corrected chi connectivity index (χ4v) is 3.76. The van der Waals surface area contributed by atoms with Crippen molar-refractivity contribution in [3.63, 3.8) is 0 Å². The molecule has 0 N–H and O–H groups in total. The van der Waals surface area contributed by atoms with Crippen molar-refractivity contribution in [1.29, 1.82) is 0 Å². The second-order valence-corrected chi connectivity index (χ2v) is 7.25. The van der Waals surface area contributed by atoms with Crippen LogP contribution in [0.25, 0.3) is 33.4 Å². The Morgan fingerprint density at radius 3 is 2.43 bits per heavy atom. The zero-order chi connectivity index (χ0) is 20.7. The molecule has 0 amide bonds. The molecule has 0 unspecified atom stereocenters. The highest BCUT2D eigenvalue weighted by Gasteiger charge is 2.21. The number of aromatic nitrogens is 6. The molecule has 3 heterocycles. The molecule has 0 bridgehead atoms. The molecule has 0 spiro atoms. The second-order valence-electron chi connectivity index (χ2n) is 7.25. The van der Waals surface area contributed by atoms with Crippen LogP contribution in [0.5, 0.6) is 0 Å². The molecule has 0 saturated carbocycles. The van der Waals surface area contributed by atoms with Crippen LogP contribution in [0.4, 0.5) is 0 Å². The first-order chi connectivity index (χ1) is 14.6. The highest BCUT2D eigenvalue weighted by molar-refractivity contribution is 5.86. The lowest BCUT2D eigenvalue weighted by Gasteiger charge is -2.08. The number of fused-ring (bicyclic) bond motifs is 1. The molecular weight excluding hydrogens is 376 g/mol. The Balaban J connectivity index is 1.62. The molecule has 7 heteroatoms. The van der Waals surface area contributed by atoms with E-state index in [2.05, 4.69) is 27.2 Å². The average molecular weight is 396 g/mol. The summed E-state index contributed by atoms with van der Waals surface area (Å²) in [6.07, 6.45) is 7.02. The summed E-state index contributed by atoms with van der Waals surface area (Å²) in [6.45, 7) is 0.648. The fraction of sp³-hybridized carbons (Fsp3) is 0.130. The van der Waals surface area contributed by atoms with Crippen molar-refractivity contribution >= 4 is 11.0 Å². The van der Waals surface area contributed by atoms with Gasteiger partial charge in [0.2, 0.25) is 0 Å². The number of nitrogens with zero attached hydrogens (tertiary/aromatic N) is 6. The van der Waals surface area contributed by atoms with Gasteiger partial charge in [-0.1, -0.05) is 36.4 Å². The third-order valence-corrected chi connectivity index (χ3v) is 5.37. The lowest BCUT2D eigenvalue weighted by Crippen LogP contribution is -2.17. The standard InChI is InChI=1S/C23H20N6O/c1-27-22(17-8-9-19-20(12-17)25-11-10-24-19)21(23(30)28(27)2)18-13-26-29(15-18)14-16-6-4-3-5-7-16/h3-13,15H,14H2,1-2H3. The van der Waals surface area contributed by atoms with E-state index in [1.165, 1.54) is 0 Å². The molecule has 5 aromatic rings. The van der Waals surface area contributed by atoms with Crippen LogP contribution in [-0.4, -0.2) is 29.1 Å². The van der Waals surface area contributed by atoms with E-state index in [9.17, 15) is 4.79 Å². The van der Waals surface area contributed by atoms with E-state index in [0.29, 0.717) is 12.1 Å². The summed E-state index contributed by atoms with van der Waals surface area (Å²) in [6, 6.07) is 16.0. The van der Waals surface area contributed by atoms with E-state index in [1.807, 2.05) is 59.0 Å². The SMILES string of the molecule is Cn1c(-c2ccc3nccnc3c2)c(-c2cnn(Cc3ccccc3)c2)c(=O)n1C. The second kappa shape index (κ2) is 7.11. The molecular formula is C23H20N6O. The summed E-state index contributed by atoms with van der Waals surface area (Å²) < 4.78 is 5.33. The molecule has 5 rings (SSSR count). The summed E-state index contributed by atoms with van der Waals surface area (Å²) in [5.41, 5.74) is 5.86. The van der Waals surface area contributed by atoms with Crippen LogP contribution in [0.2, 0.25) is 0 Å². The predicted molar refractivity (Wildman–Crippen MR) is 116 cm³/mol. The Hall–Kier alpha value is -4.00. The van der Waals surface area contributed by atoms with Gasteiger partial charge < -0.3 is 0 Å². The fourth-order valence-electron chi connectivity index (χ4n) is 3.76. The Morgan fingerprint density at radius 2 is 1.63 bits per heavy atom.